The lowest BCUT2D eigenvalue weighted by Gasteiger charge is -2.32. The molecule has 0 N–H and O–H groups in total. The van der Waals surface area contributed by atoms with Crippen LogP contribution >= 0.6 is 0 Å². The molecule has 4 rings (SSSR count). The number of likely N-dealkylation sites (tertiary alicyclic amines) is 1. The van der Waals surface area contributed by atoms with Gasteiger partial charge in [-0.15, -0.1) is 0 Å². The molecule has 0 unspecified atom stereocenters. The Morgan fingerprint density at radius 2 is 2.25 bits per heavy atom. The van der Waals surface area contributed by atoms with Crippen LogP contribution in [0.15, 0.2) is 53.6 Å². The van der Waals surface area contributed by atoms with Gasteiger partial charge in [-0.1, -0.05) is 5.16 Å². The minimum absolute atomic E-state index is 0.106. The van der Waals surface area contributed by atoms with E-state index in [4.69, 9.17) is 4.52 Å². The van der Waals surface area contributed by atoms with E-state index in [1.165, 1.54) is 0 Å². The third kappa shape index (κ3) is 2.80. The standard InChI is InChI=1S/C17H17N5O2/c23-17(15-10-16(24-20-15)13-4-1-6-18-11-13)21-8-2-5-14(12-21)22-9-3-7-19-22/h1,3-4,6-7,9-11,14H,2,5,8,12H2/t14-/m1/s1. The molecule has 0 saturated carbocycles. The number of amides is 1. The van der Waals surface area contributed by atoms with E-state index in [2.05, 4.69) is 15.2 Å². The van der Waals surface area contributed by atoms with Crippen molar-refractivity contribution in [2.45, 2.75) is 18.9 Å². The Hall–Kier alpha value is -2.96. The summed E-state index contributed by atoms with van der Waals surface area (Å²) in [7, 11) is 0. The van der Waals surface area contributed by atoms with Gasteiger partial charge in [0.2, 0.25) is 0 Å². The first kappa shape index (κ1) is 14.6. The predicted octanol–water partition coefficient (Wildman–Crippen LogP) is 2.41. The van der Waals surface area contributed by atoms with Crippen molar-refractivity contribution >= 4 is 5.91 Å². The molecule has 0 aromatic carbocycles. The lowest BCUT2D eigenvalue weighted by molar-refractivity contribution is 0.0662. The fourth-order valence-corrected chi connectivity index (χ4v) is 3.03. The number of nitrogens with zero attached hydrogens (tertiary/aromatic N) is 5. The van der Waals surface area contributed by atoms with E-state index >= 15 is 0 Å². The molecule has 1 atom stereocenters. The summed E-state index contributed by atoms with van der Waals surface area (Å²) < 4.78 is 7.23. The van der Waals surface area contributed by atoms with Crippen molar-refractivity contribution in [3.05, 3.63) is 54.7 Å². The van der Waals surface area contributed by atoms with E-state index < -0.39 is 0 Å². The quantitative estimate of drug-likeness (QED) is 0.740. The predicted molar refractivity (Wildman–Crippen MR) is 86.1 cm³/mol. The molecule has 0 aliphatic carbocycles. The van der Waals surface area contributed by atoms with Gasteiger partial charge in [-0.25, -0.2) is 0 Å². The Bertz CT molecular complexity index is 813. The number of piperidine rings is 1. The molecule has 7 heteroatoms. The van der Waals surface area contributed by atoms with Gasteiger partial charge in [-0.05, 0) is 31.0 Å². The molecule has 1 amide bonds. The molecule has 1 aliphatic heterocycles. The molecule has 1 fully saturated rings. The molecular weight excluding hydrogens is 306 g/mol. The average molecular weight is 323 g/mol. The molecule has 0 radical (unpaired) electrons. The lowest BCUT2D eigenvalue weighted by atomic mass is 10.1. The van der Waals surface area contributed by atoms with Crippen molar-refractivity contribution in [2.75, 3.05) is 13.1 Å². The number of pyridine rings is 1. The van der Waals surface area contributed by atoms with Crippen molar-refractivity contribution in [3.63, 3.8) is 0 Å². The van der Waals surface area contributed by atoms with E-state index in [1.54, 1.807) is 24.7 Å². The van der Waals surface area contributed by atoms with Crippen LogP contribution in [0.25, 0.3) is 11.3 Å². The number of carbonyl (C=O) groups is 1. The van der Waals surface area contributed by atoms with Gasteiger partial charge >= 0.3 is 0 Å². The molecule has 4 heterocycles. The van der Waals surface area contributed by atoms with Gasteiger partial charge < -0.3 is 9.42 Å². The van der Waals surface area contributed by atoms with Crippen LogP contribution in [0.2, 0.25) is 0 Å². The number of aromatic nitrogens is 4. The Morgan fingerprint density at radius 1 is 1.29 bits per heavy atom. The van der Waals surface area contributed by atoms with Gasteiger partial charge in [-0.3, -0.25) is 14.5 Å². The molecule has 3 aromatic heterocycles. The molecule has 3 aromatic rings. The highest BCUT2D eigenvalue weighted by Gasteiger charge is 2.27. The smallest absolute Gasteiger partial charge is 0.276 e. The van der Waals surface area contributed by atoms with Crippen LogP contribution in [0.3, 0.4) is 0 Å². The van der Waals surface area contributed by atoms with Crippen LogP contribution in [0.5, 0.6) is 0 Å². The van der Waals surface area contributed by atoms with E-state index in [0.717, 1.165) is 24.9 Å². The fraction of sp³-hybridized carbons (Fsp3) is 0.294. The zero-order chi connectivity index (χ0) is 16.4. The summed E-state index contributed by atoms with van der Waals surface area (Å²) in [6, 6.07) is 7.48. The second-order valence-electron chi connectivity index (χ2n) is 5.85. The molecule has 7 nitrogen and oxygen atoms in total. The Kier molecular flexibility index (Phi) is 3.82. The van der Waals surface area contributed by atoms with Crippen molar-refractivity contribution in [1.29, 1.82) is 0 Å². The SMILES string of the molecule is O=C(c1cc(-c2cccnc2)on1)N1CCC[C@@H](n2cccn2)C1. The van der Waals surface area contributed by atoms with Gasteiger partial charge in [0.15, 0.2) is 11.5 Å². The van der Waals surface area contributed by atoms with Crippen LogP contribution < -0.4 is 0 Å². The minimum Gasteiger partial charge on any atom is -0.355 e. The molecule has 0 spiro atoms. The molecule has 0 bridgehead atoms. The normalized spacial score (nSPS) is 17.8. The number of hydrogen-bond donors (Lipinski definition) is 0. The highest BCUT2D eigenvalue weighted by Crippen LogP contribution is 2.24. The monoisotopic (exact) mass is 323 g/mol. The molecule has 122 valence electrons. The Labute approximate surface area is 138 Å². The second-order valence-corrected chi connectivity index (χ2v) is 5.85. The van der Waals surface area contributed by atoms with Gasteiger partial charge in [0.1, 0.15) is 0 Å². The average Bonchev–Trinajstić information content (AvgIpc) is 3.34. The van der Waals surface area contributed by atoms with Crippen LogP contribution in [-0.4, -0.2) is 43.8 Å². The van der Waals surface area contributed by atoms with Crippen molar-refractivity contribution in [1.82, 2.24) is 24.8 Å². The summed E-state index contributed by atoms with van der Waals surface area (Å²) in [6.07, 6.45) is 9.04. The lowest BCUT2D eigenvalue weighted by Crippen LogP contribution is -2.41. The maximum Gasteiger partial charge on any atom is 0.276 e. The summed E-state index contributed by atoms with van der Waals surface area (Å²) in [6.45, 7) is 1.36. The van der Waals surface area contributed by atoms with Crippen molar-refractivity contribution in [2.24, 2.45) is 0 Å². The van der Waals surface area contributed by atoms with E-state index in [1.807, 2.05) is 34.0 Å². The van der Waals surface area contributed by atoms with E-state index in [0.29, 0.717) is 18.0 Å². The topological polar surface area (TPSA) is 77.0 Å². The first-order valence-corrected chi connectivity index (χ1v) is 7.97. The van der Waals surface area contributed by atoms with Crippen molar-refractivity contribution < 1.29 is 9.32 Å². The Balaban J connectivity index is 1.50. The van der Waals surface area contributed by atoms with Gasteiger partial charge in [0, 0.05) is 49.5 Å². The molecule has 24 heavy (non-hydrogen) atoms. The maximum atomic E-state index is 12.7. The summed E-state index contributed by atoms with van der Waals surface area (Å²) in [5, 5.41) is 8.23. The molecule has 1 aliphatic rings. The summed E-state index contributed by atoms with van der Waals surface area (Å²) in [5.74, 6) is 0.442. The second kappa shape index (κ2) is 6.27. The van der Waals surface area contributed by atoms with Gasteiger partial charge in [-0.2, -0.15) is 5.10 Å². The summed E-state index contributed by atoms with van der Waals surface area (Å²) in [5.41, 5.74) is 1.13. The van der Waals surface area contributed by atoms with Gasteiger partial charge in [0.25, 0.3) is 5.91 Å². The zero-order valence-electron chi connectivity index (χ0n) is 13.1. The molecule has 1 saturated heterocycles. The largest absolute Gasteiger partial charge is 0.355 e. The number of hydrogen-bond acceptors (Lipinski definition) is 5. The number of rotatable bonds is 3. The van der Waals surface area contributed by atoms with E-state index in [-0.39, 0.29) is 11.9 Å². The zero-order valence-corrected chi connectivity index (χ0v) is 13.1. The van der Waals surface area contributed by atoms with Crippen LogP contribution in [-0.2, 0) is 0 Å². The van der Waals surface area contributed by atoms with Crippen LogP contribution in [0, 0.1) is 0 Å². The van der Waals surface area contributed by atoms with E-state index in [9.17, 15) is 4.79 Å². The van der Waals surface area contributed by atoms with Crippen molar-refractivity contribution in [3.8, 4) is 11.3 Å². The third-order valence-electron chi connectivity index (χ3n) is 4.26. The maximum absolute atomic E-state index is 12.7. The molecular formula is C17H17N5O2. The Morgan fingerprint density at radius 3 is 3.04 bits per heavy atom. The first-order chi connectivity index (χ1) is 11.8. The highest BCUT2D eigenvalue weighted by atomic mass is 16.5. The third-order valence-corrected chi connectivity index (χ3v) is 4.26. The van der Waals surface area contributed by atoms with Gasteiger partial charge in [0.05, 0.1) is 6.04 Å². The fourth-order valence-electron chi connectivity index (χ4n) is 3.03. The first-order valence-electron chi connectivity index (χ1n) is 7.97. The minimum atomic E-state index is -0.106. The highest BCUT2D eigenvalue weighted by molar-refractivity contribution is 5.93. The van der Waals surface area contributed by atoms with Crippen LogP contribution in [0.1, 0.15) is 29.4 Å². The number of carbonyl (C=O) groups excluding carboxylic acids is 1. The summed E-state index contributed by atoms with van der Waals surface area (Å²) >= 11 is 0. The van der Waals surface area contributed by atoms with Crippen LogP contribution in [0.4, 0.5) is 0 Å². The summed E-state index contributed by atoms with van der Waals surface area (Å²) in [4.78, 5) is 18.6.